The van der Waals surface area contributed by atoms with Gasteiger partial charge in [0, 0.05) is 23.5 Å². The van der Waals surface area contributed by atoms with Crippen LogP contribution in [0, 0.1) is 6.92 Å². The number of guanidine groups is 1. The lowest BCUT2D eigenvalue weighted by molar-refractivity contribution is 0.00529. The number of aromatic nitrogens is 1. The van der Waals surface area contributed by atoms with Crippen LogP contribution in [0.5, 0.6) is 0 Å². The smallest absolute Gasteiger partial charge is 0.191 e. The van der Waals surface area contributed by atoms with Crippen LogP contribution < -0.4 is 5.73 Å². The molecule has 5 nitrogen and oxygen atoms in total. The monoisotopic (exact) mass is 330 g/mol. The molecule has 1 fully saturated rings. The van der Waals surface area contributed by atoms with Crippen molar-refractivity contribution in [1.29, 1.82) is 0 Å². The van der Waals surface area contributed by atoms with Crippen molar-refractivity contribution in [2.75, 3.05) is 19.7 Å². The summed E-state index contributed by atoms with van der Waals surface area (Å²) in [6.45, 7) is 6.96. The second-order valence-corrected chi connectivity index (χ2v) is 6.78. The van der Waals surface area contributed by atoms with E-state index in [0.29, 0.717) is 19.1 Å². The van der Waals surface area contributed by atoms with E-state index in [2.05, 4.69) is 33.9 Å². The van der Waals surface area contributed by atoms with Gasteiger partial charge in [-0.1, -0.05) is 30.3 Å². The van der Waals surface area contributed by atoms with Crippen molar-refractivity contribution < 1.29 is 4.74 Å². The summed E-state index contributed by atoms with van der Waals surface area (Å²) in [7, 11) is 0. The Labute approximate surface area is 140 Å². The molecule has 1 saturated heterocycles. The number of nitrogens with two attached hydrogens (primary N) is 1. The molecule has 3 rings (SSSR count). The Bertz CT molecular complexity index is 683. The van der Waals surface area contributed by atoms with E-state index in [-0.39, 0.29) is 6.10 Å². The lowest BCUT2D eigenvalue weighted by Gasteiger charge is -2.31. The average molecular weight is 330 g/mol. The molecule has 1 atom stereocenters. The fraction of sp³-hybridized carbons (Fsp3) is 0.412. The molecule has 2 heterocycles. The maximum atomic E-state index is 6.13. The van der Waals surface area contributed by atoms with Crippen molar-refractivity contribution in [2.24, 2.45) is 10.7 Å². The Hall–Kier alpha value is -1.92. The molecule has 1 aromatic heterocycles. The Balaban J connectivity index is 1.70. The number of aryl methyl sites for hydroxylation is 1. The molecular formula is C17H22N4OS. The fourth-order valence-corrected chi connectivity index (χ4v) is 3.55. The number of morpholine rings is 1. The van der Waals surface area contributed by atoms with Gasteiger partial charge in [0.2, 0.25) is 0 Å². The topological polar surface area (TPSA) is 63.7 Å². The van der Waals surface area contributed by atoms with Crippen molar-refractivity contribution in [3.8, 4) is 10.6 Å². The van der Waals surface area contributed by atoms with Gasteiger partial charge in [0.15, 0.2) is 5.96 Å². The van der Waals surface area contributed by atoms with Gasteiger partial charge in [-0.2, -0.15) is 0 Å². The van der Waals surface area contributed by atoms with Crippen LogP contribution in [0.15, 0.2) is 35.3 Å². The van der Waals surface area contributed by atoms with Gasteiger partial charge < -0.3 is 15.4 Å². The lowest BCUT2D eigenvalue weighted by Crippen LogP contribution is -2.47. The third kappa shape index (κ3) is 3.89. The molecule has 122 valence electrons. The molecule has 0 bridgehead atoms. The molecule has 2 N–H and O–H groups in total. The van der Waals surface area contributed by atoms with E-state index < -0.39 is 0 Å². The van der Waals surface area contributed by atoms with Crippen LogP contribution in [0.4, 0.5) is 0 Å². The minimum atomic E-state index is 0.201. The summed E-state index contributed by atoms with van der Waals surface area (Å²) < 4.78 is 5.53. The molecule has 0 aliphatic carbocycles. The number of rotatable bonds is 3. The van der Waals surface area contributed by atoms with Gasteiger partial charge in [-0.25, -0.2) is 9.98 Å². The molecule has 0 saturated carbocycles. The summed E-state index contributed by atoms with van der Waals surface area (Å²) in [6, 6.07) is 10.2. The number of hydrogen-bond acceptors (Lipinski definition) is 4. The number of thiazole rings is 1. The molecule has 0 spiro atoms. The van der Waals surface area contributed by atoms with Crippen LogP contribution in [-0.4, -0.2) is 41.6 Å². The van der Waals surface area contributed by atoms with Crippen LogP contribution in [0.1, 0.15) is 17.5 Å². The standard InChI is InChI=1S/C17H22N4OS/c1-12-11-21(8-9-22-12)17(18)19-10-15-13(2)20-16(23-15)14-6-4-3-5-7-14/h3-7,12H,8-11H2,1-2H3,(H2,18,19). The second-order valence-electron chi connectivity index (χ2n) is 5.70. The highest BCUT2D eigenvalue weighted by molar-refractivity contribution is 7.15. The Kier molecular flexibility index (Phi) is 4.93. The van der Waals surface area contributed by atoms with E-state index in [0.717, 1.165) is 34.2 Å². The molecule has 6 heteroatoms. The van der Waals surface area contributed by atoms with Gasteiger partial charge in [0.25, 0.3) is 0 Å². The summed E-state index contributed by atoms with van der Waals surface area (Å²) >= 11 is 1.68. The zero-order chi connectivity index (χ0) is 16.2. The van der Waals surface area contributed by atoms with Crippen LogP contribution in [0.25, 0.3) is 10.6 Å². The van der Waals surface area contributed by atoms with Crippen LogP contribution in [0.2, 0.25) is 0 Å². The van der Waals surface area contributed by atoms with Gasteiger partial charge in [-0.15, -0.1) is 11.3 Å². The third-order valence-corrected chi connectivity index (χ3v) is 5.05. The molecule has 1 aliphatic rings. The minimum absolute atomic E-state index is 0.201. The molecule has 2 aromatic rings. The predicted molar refractivity (Wildman–Crippen MR) is 94.6 cm³/mol. The predicted octanol–water partition coefficient (Wildman–Crippen LogP) is 2.65. The number of aliphatic imine (C=N–C) groups is 1. The molecule has 0 radical (unpaired) electrons. The first-order valence-corrected chi connectivity index (χ1v) is 8.63. The maximum absolute atomic E-state index is 6.13. The SMILES string of the molecule is Cc1nc(-c2ccccc2)sc1CN=C(N)N1CCOC(C)C1. The first-order chi connectivity index (χ1) is 11.1. The van der Waals surface area contributed by atoms with Crippen molar-refractivity contribution in [2.45, 2.75) is 26.5 Å². The van der Waals surface area contributed by atoms with E-state index in [9.17, 15) is 0 Å². The van der Waals surface area contributed by atoms with Gasteiger partial charge in [-0.05, 0) is 13.8 Å². The van der Waals surface area contributed by atoms with E-state index >= 15 is 0 Å². The van der Waals surface area contributed by atoms with Crippen molar-refractivity contribution in [3.63, 3.8) is 0 Å². The summed E-state index contributed by atoms with van der Waals surface area (Å²) in [4.78, 5) is 12.5. The van der Waals surface area contributed by atoms with Crippen LogP contribution in [0.3, 0.4) is 0 Å². The van der Waals surface area contributed by atoms with Crippen LogP contribution in [-0.2, 0) is 11.3 Å². The molecule has 1 aromatic carbocycles. The largest absolute Gasteiger partial charge is 0.375 e. The van der Waals surface area contributed by atoms with Gasteiger partial charge >= 0.3 is 0 Å². The van der Waals surface area contributed by atoms with Gasteiger partial charge in [0.1, 0.15) is 5.01 Å². The second kappa shape index (κ2) is 7.10. The van der Waals surface area contributed by atoms with Crippen LogP contribution >= 0.6 is 11.3 Å². The first kappa shape index (κ1) is 16.0. The van der Waals surface area contributed by atoms with E-state index in [1.54, 1.807) is 11.3 Å². The highest BCUT2D eigenvalue weighted by Gasteiger charge is 2.18. The maximum Gasteiger partial charge on any atom is 0.191 e. The Morgan fingerprint density at radius 3 is 2.96 bits per heavy atom. The van der Waals surface area contributed by atoms with E-state index in [1.807, 2.05) is 25.1 Å². The number of ether oxygens (including phenoxy) is 1. The zero-order valence-corrected chi connectivity index (χ0v) is 14.3. The van der Waals surface area contributed by atoms with Gasteiger partial charge in [-0.3, -0.25) is 0 Å². The summed E-state index contributed by atoms with van der Waals surface area (Å²) in [6.07, 6.45) is 0.201. The number of hydrogen-bond donors (Lipinski definition) is 1. The summed E-state index contributed by atoms with van der Waals surface area (Å²) in [5.41, 5.74) is 8.30. The fourth-order valence-electron chi connectivity index (χ4n) is 2.56. The zero-order valence-electron chi connectivity index (χ0n) is 13.5. The van der Waals surface area contributed by atoms with Crippen molar-refractivity contribution in [1.82, 2.24) is 9.88 Å². The molecule has 0 amide bonds. The number of nitrogens with zero attached hydrogens (tertiary/aromatic N) is 3. The normalized spacial score (nSPS) is 19.1. The van der Waals surface area contributed by atoms with Gasteiger partial charge in [0.05, 0.1) is 24.9 Å². The molecular weight excluding hydrogens is 308 g/mol. The van der Waals surface area contributed by atoms with E-state index in [1.165, 1.54) is 0 Å². The van der Waals surface area contributed by atoms with Crippen molar-refractivity contribution in [3.05, 3.63) is 40.9 Å². The summed E-state index contributed by atoms with van der Waals surface area (Å²) in [5.74, 6) is 0.592. The number of benzene rings is 1. The first-order valence-electron chi connectivity index (χ1n) is 7.81. The summed E-state index contributed by atoms with van der Waals surface area (Å²) in [5, 5.41) is 1.03. The molecule has 1 unspecified atom stereocenters. The highest BCUT2D eigenvalue weighted by Crippen LogP contribution is 2.28. The minimum Gasteiger partial charge on any atom is -0.375 e. The third-order valence-electron chi connectivity index (χ3n) is 3.86. The average Bonchev–Trinajstić information content (AvgIpc) is 2.94. The molecule has 23 heavy (non-hydrogen) atoms. The quantitative estimate of drug-likeness (QED) is 0.694. The lowest BCUT2D eigenvalue weighted by atomic mass is 10.2. The highest BCUT2D eigenvalue weighted by atomic mass is 32.1. The van der Waals surface area contributed by atoms with E-state index in [4.69, 9.17) is 10.5 Å². The Morgan fingerprint density at radius 2 is 2.22 bits per heavy atom. The Morgan fingerprint density at radius 1 is 1.43 bits per heavy atom. The van der Waals surface area contributed by atoms with Crippen molar-refractivity contribution >= 4 is 17.3 Å². The molecule has 1 aliphatic heterocycles.